The first-order chi connectivity index (χ1) is 13.0. The molecule has 1 atom stereocenters. The lowest BCUT2D eigenvalue weighted by Gasteiger charge is -2.34. The van der Waals surface area contributed by atoms with Crippen molar-refractivity contribution in [1.82, 2.24) is 14.9 Å². The van der Waals surface area contributed by atoms with Crippen molar-refractivity contribution in [2.24, 2.45) is 0 Å². The van der Waals surface area contributed by atoms with Gasteiger partial charge in [-0.25, -0.2) is 9.97 Å². The van der Waals surface area contributed by atoms with Gasteiger partial charge in [-0.1, -0.05) is 12.1 Å². The zero-order valence-corrected chi connectivity index (χ0v) is 15.0. The number of nitrogens with zero attached hydrogens (tertiary/aromatic N) is 3. The highest BCUT2D eigenvalue weighted by molar-refractivity contribution is 5.89. The van der Waals surface area contributed by atoms with Gasteiger partial charge < -0.3 is 15.0 Å². The molecule has 3 heterocycles. The number of anilines is 1. The largest absolute Gasteiger partial charge is 0.451 e. The van der Waals surface area contributed by atoms with Gasteiger partial charge in [0, 0.05) is 37.7 Å². The molecule has 146 valence electrons. The number of aromatic nitrogens is 2. The number of halogens is 3. The van der Waals surface area contributed by atoms with Gasteiger partial charge in [0.15, 0.2) is 0 Å². The van der Waals surface area contributed by atoms with Gasteiger partial charge in [0.05, 0.1) is 11.6 Å². The minimum atomic E-state index is -4.56. The standard InChI is InChI=1S/C19H23F3N4O/c20-19(21,22)18-24-16-6-2-1-5-15(16)17(25-18)23-13-7-9-26(10-8-13)12-14-4-3-11-27-14/h1-2,5-6,13-14H,3-4,7-12H2,(H,23,24,25). The fraction of sp³-hybridized carbons (Fsp3) is 0.579. The van der Waals surface area contributed by atoms with E-state index < -0.39 is 12.0 Å². The fourth-order valence-corrected chi connectivity index (χ4v) is 3.84. The van der Waals surface area contributed by atoms with Crippen LogP contribution in [0, 0.1) is 0 Å². The molecule has 0 amide bonds. The summed E-state index contributed by atoms with van der Waals surface area (Å²) in [5.41, 5.74) is 0.304. The maximum absolute atomic E-state index is 13.1. The van der Waals surface area contributed by atoms with Crippen molar-refractivity contribution in [3.63, 3.8) is 0 Å². The lowest BCUT2D eigenvalue weighted by Crippen LogP contribution is -2.42. The monoisotopic (exact) mass is 380 g/mol. The molecule has 0 bridgehead atoms. The average molecular weight is 380 g/mol. The maximum Gasteiger partial charge on any atom is 0.451 e. The second-order valence-corrected chi connectivity index (χ2v) is 7.26. The maximum atomic E-state index is 13.1. The Labute approximate surface area is 155 Å². The Balaban J connectivity index is 1.45. The third-order valence-corrected chi connectivity index (χ3v) is 5.27. The van der Waals surface area contributed by atoms with Gasteiger partial charge >= 0.3 is 6.18 Å². The molecule has 2 aliphatic heterocycles. The van der Waals surface area contributed by atoms with Crippen molar-refractivity contribution in [3.8, 4) is 0 Å². The minimum Gasteiger partial charge on any atom is -0.377 e. The van der Waals surface area contributed by atoms with Crippen molar-refractivity contribution < 1.29 is 17.9 Å². The predicted molar refractivity (Wildman–Crippen MR) is 96.6 cm³/mol. The molecule has 5 nitrogen and oxygen atoms in total. The quantitative estimate of drug-likeness (QED) is 0.877. The van der Waals surface area contributed by atoms with Crippen LogP contribution in [0.3, 0.4) is 0 Å². The minimum absolute atomic E-state index is 0.102. The summed E-state index contributed by atoms with van der Waals surface area (Å²) >= 11 is 0. The molecule has 1 aromatic heterocycles. The Morgan fingerprint density at radius 2 is 1.89 bits per heavy atom. The van der Waals surface area contributed by atoms with E-state index in [1.54, 1.807) is 24.3 Å². The van der Waals surface area contributed by atoms with Crippen LogP contribution < -0.4 is 5.32 Å². The third kappa shape index (κ3) is 4.32. The van der Waals surface area contributed by atoms with E-state index >= 15 is 0 Å². The van der Waals surface area contributed by atoms with Crippen molar-refractivity contribution in [1.29, 1.82) is 0 Å². The normalized spacial score (nSPS) is 22.4. The van der Waals surface area contributed by atoms with E-state index in [2.05, 4.69) is 20.2 Å². The molecular formula is C19H23F3N4O. The molecule has 1 N–H and O–H groups in total. The highest BCUT2D eigenvalue weighted by Gasteiger charge is 2.36. The van der Waals surface area contributed by atoms with E-state index in [-0.39, 0.29) is 11.9 Å². The number of nitrogens with one attached hydrogen (secondary N) is 1. The molecule has 0 aliphatic carbocycles. The Morgan fingerprint density at radius 3 is 2.59 bits per heavy atom. The first-order valence-corrected chi connectivity index (χ1v) is 9.43. The van der Waals surface area contributed by atoms with Crippen LogP contribution in [0.4, 0.5) is 19.0 Å². The van der Waals surface area contributed by atoms with Gasteiger partial charge in [0.25, 0.3) is 0 Å². The number of likely N-dealkylation sites (tertiary alicyclic amines) is 1. The van der Waals surface area contributed by atoms with Crippen molar-refractivity contribution in [3.05, 3.63) is 30.1 Å². The molecule has 1 unspecified atom stereocenters. The smallest absolute Gasteiger partial charge is 0.377 e. The Kier molecular flexibility index (Phi) is 5.19. The van der Waals surface area contributed by atoms with Crippen LogP contribution in [0.1, 0.15) is 31.5 Å². The molecule has 0 spiro atoms. The topological polar surface area (TPSA) is 50.3 Å². The lowest BCUT2D eigenvalue weighted by atomic mass is 10.0. The molecule has 2 saturated heterocycles. The van der Waals surface area contributed by atoms with Crippen molar-refractivity contribution >= 4 is 16.7 Å². The number of piperidine rings is 1. The first kappa shape index (κ1) is 18.4. The number of fused-ring (bicyclic) bond motifs is 1. The van der Waals surface area contributed by atoms with Gasteiger partial charge in [-0.15, -0.1) is 0 Å². The summed E-state index contributed by atoms with van der Waals surface area (Å²) in [7, 11) is 0. The van der Waals surface area contributed by atoms with E-state index in [4.69, 9.17) is 4.74 Å². The highest BCUT2D eigenvalue weighted by Crippen LogP contribution is 2.31. The summed E-state index contributed by atoms with van der Waals surface area (Å²) in [6, 6.07) is 6.91. The summed E-state index contributed by atoms with van der Waals surface area (Å²) < 4.78 is 45.1. The summed E-state index contributed by atoms with van der Waals surface area (Å²) in [6.07, 6.45) is -0.255. The fourth-order valence-electron chi connectivity index (χ4n) is 3.84. The number of hydrogen-bond donors (Lipinski definition) is 1. The molecular weight excluding hydrogens is 357 g/mol. The van der Waals surface area contributed by atoms with Crippen LogP contribution in [0.5, 0.6) is 0 Å². The number of alkyl halides is 3. The molecule has 0 radical (unpaired) electrons. The first-order valence-electron chi connectivity index (χ1n) is 9.43. The van der Waals surface area contributed by atoms with Crippen LogP contribution in [0.2, 0.25) is 0 Å². The Hall–Kier alpha value is -1.93. The second-order valence-electron chi connectivity index (χ2n) is 7.26. The SMILES string of the molecule is FC(F)(F)c1nc(NC2CCN(CC3CCCO3)CC2)c2ccccc2n1. The molecule has 2 aromatic rings. The second kappa shape index (κ2) is 7.59. The molecule has 1 aromatic carbocycles. The zero-order valence-electron chi connectivity index (χ0n) is 15.0. The Bertz CT molecular complexity index is 784. The van der Waals surface area contributed by atoms with Crippen molar-refractivity contribution in [2.45, 2.75) is 44.0 Å². The van der Waals surface area contributed by atoms with Crippen LogP contribution in [0.15, 0.2) is 24.3 Å². The van der Waals surface area contributed by atoms with E-state index in [9.17, 15) is 13.2 Å². The van der Waals surface area contributed by atoms with Gasteiger partial charge in [0.2, 0.25) is 5.82 Å². The van der Waals surface area contributed by atoms with Crippen molar-refractivity contribution in [2.75, 3.05) is 31.6 Å². The molecule has 2 aliphatic rings. The van der Waals surface area contributed by atoms with Crippen LogP contribution >= 0.6 is 0 Å². The third-order valence-electron chi connectivity index (χ3n) is 5.27. The van der Waals surface area contributed by atoms with E-state index in [0.717, 1.165) is 51.9 Å². The predicted octanol–water partition coefficient (Wildman–Crippen LogP) is 3.70. The van der Waals surface area contributed by atoms with Crippen LogP contribution in [-0.4, -0.2) is 53.3 Å². The lowest BCUT2D eigenvalue weighted by molar-refractivity contribution is -0.144. The number of benzene rings is 1. The van der Waals surface area contributed by atoms with Gasteiger partial charge in [-0.2, -0.15) is 13.2 Å². The van der Waals surface area contributed by atoms with Gasteiger partial charge in [0.1, 0.15) is 5.82 Å². The average Bonchev–Trinajstić information content (AvgIpc) is 3.15. The van der Waals surface area contributed by atoms with E-state index in [1.807, 2.05) is 0 Å². The van der Waals surface area contributed by atoms with E-state index in [1.165, 1.54) is 0 Å². The molecule has 4 rings (SSSR count). The summed E-state index contributed by atoms with van der Waals surface area (Å²) in [4.78, 5) is 9.84. The summed E-state index contributed by atoms with van der Waals surface area (Å²) in [5.74, 6) is -0.829. The van der Waals surface area contributed by atoms with Crippen LogP contribution in [-0.2, 0) is 10.9 Å². The molecule has 0 saturated carbocycles. The summed E-state index contributed by atoms with van der Waals surface area (Å²) in [5, 5.41) is 3.86. The number of ether oxygens (including phenoxy) is 1. The van der Waals surface area contributed by atoms with Crippen LogP contribution in [0.25, 0.3) is 10.9 Å². The number of para-hydroxylation sites is 1. The van der Waals surface area contributed by atoms with Gasteiger partial charge in [-0.05, 0) is 37.8 Å². The van der Waals surface area contributed by atoms with Gasteiger partial charge in [-0.3, -0.25) is 0 Å². The Morgan fingerprint density at radius 1 is 1.11 bits per heavy atom. The number of hydrogen-bond acceptors (Lipinski definition) is 5. The molecule has 27 heavy (non-hydrogen) atoms. The van der Waals surface area contributed by atoms with E-state index in [0.29, 0.717) is 17.0 Å². The molecule has 2 fully saturated rings. The summed E-state index contributed by atoms with van der Waals surface area (Å²) in [6.45, 7) is 3.62. The molecule has 8 heteroatoms. The zero-order chi connectivity index (χ0) is 18.9. The highest BCUT2D eigenvalue weighted by atomic mass is 19.4. The number of rotatable bonds is 4.